The minimum absolute atomic E-state index is 0.275. The van der Waals surface area contributed by atoms with Gasteiger partial charge in [-0.3, -0.25) is 4.79 Å². The van der Waals surface area contributed by atoms with Crippen LogP contribution in [0.4, 0.5) is 0 Å². The summed E-state index contributed by atoms with van der Waals surface area (Å²) in [6.07, 6.45) is 8.00. The minimum Gasteiger partial charge on any atom is -0.353 e. The topological polar surface area (TPSA) is 29.1 Å². The summed E-state index contributed by atoms with van der Waals surface area (Å²) in [5.41, 5.74) is 0.934. The highest BCUT2D eigenvalue weighted by molar-refractivity contribution is 5.89. The quantitative estimate of drug-likeness (QED) is 0.890. The fraction of sp³-hybridized carbons (Fsp3) is 0.611. The fourth-order valence-electron chi connectivity index (χ4n) is 4.04. The van der Waals surface area contributed by atoms with Crippen LogP contribution >= 0.6 is 0 Å². The first-order chi connectivity index (χ1) is 9.71. The van der Waals surface area contributed by atoms with Crippen molar-refractivity contribution in [1.29, 1.82) is 0 Å². The number of nitrogens with one attached hydrogen (secondary N) is 1. The first-order valence-electron chi connectivity index (χ1n) is 8.07. The Bertz CT molecular complexity index is 464. The van der Waals surface area contributed by atoms with Crippen LogP contribution in [0.5, 0.6) is 0 Å². The van der Waals surface area contributed by atoms with Crippen molar-refractivity contribution in [3.63, 3.8) is 0 Å². The number of amides is 1. The third-order valence-corrected chi connectivity index (χ3v) is 5.21. The van der Waals surface area contributed by atoms with Gasteiger partial charge in [-0.1, -0.05) is 50.1 Å². The van der Waals surface area contributed by atoms with Crippen LogP contribution < -0.4 is 5.32 Å². The number of benzene rings is 1. The van der Waals surface area contributed by atoms with Crippen molar-refractivity contribution in [1.82, 2.24) is 5.32 Å². The summed E-state index contributed by atoms with van der Waals surface area (Å²) in [6, 6.07) is 10.8. The van der Waals surface area contributed by atoms with Crippen molar-refractivity contribution < 1.29 is 4.79 Å². The molecule has 1 amide bonds. The molecule has 0 spiro atoms. The lowest BCUT2D eigenvalue weighted by Crippen LogP contribution is -2.46. The Kier molecular flexibility index (Phi) is 3.82. The zero-order valence-corrected chi connectivity index (χ0v) is 12.4. The Labute approximate surface area is 122 Å². The Morgan fingerprint density at radius 2 is 1.85 bits per heavy atom. The van der Waals surface area contributed by atoms with Crippen LogP contribution in [0.1, 0.15) is 57.4 Å². The van der Waals surface area contributed by atoms with E-state index in [0.29, 0.717) is 12.0 Å². The van der Waals surface area contributed by atoms with Crippen LogP contribution in [0.3, 0.4) is 0 Å². The molecule has 0 aromatic heterocycles. The van der Waals surface area contributed by atoms with Crippen LogP contribution in [-0.2, 0) is 10.2 Å². The predicted octanol–water partition coefficient (Wildman–Crippen LogP) is 3.80. The summed E-state index contributed by atoms with van der Waals surface area (Å²) in [5, 5.41) is 3.34. The van der Waals surface area contributed by atoms with Gasteiger partial charge in [-0.25, -0.2) is 0 Å². The minimum atomic E-state index is -0.275. The van der Waals surface area contributed by atoms with Crippen molar-refractivity contribution >= 4 is 5.91 Å². The van der Waals surface area contributed by atoms with E-state index < -0.39 is 0 Å². The third kappa shape index (κ3) is 2.48. The summed E-state index contributed by atoms with van der Waals surface area (Å²) in [6.45, 7) is 2.27. The van der Waals surface area contributed by atoms with Crippen molar-refractivity contribution in [2.45, 2.75) is 63.3 Å². The molecule has 1 aromatic rings. The monoisotopic (exact) mass is 271 g/mol. The predicted molar refractivity (Wildman–Crippen MR) is 81.5 cm³/mol. The van der Waals surface area contributed by atoms with Gasteiger partial charge in [-0.15, -0.1) is 0 Å². The summed E-state index contributed by atoms with van der Waals surface area (Å²) >= 11 is 0. The van der Waals surface area contributed by atoms with E-state index in [4.69, 9.17) is 0 Å². The lowest BCUT2D eigenvalue weighted by atomic mass is 9.77. The molecule has 20 heavy (non-hydrogen) atoms. The zero-order chi connectivity index (χ0) is 14.0. The van der Waals surface area contributed by atoms with Gasteiger partial charge < -0.3 is 5.32 Å². The second-order valence-electron chi connectivity index (χ2n) is 6.75. The molecule has 1 N–H and O–H groups in total. The van der Waals surface area contributed by atoms with Gasteiger partial charge in [0.1, 0.15) is 0 Å². The van der Waals surface area contributed by atoms with Gasteiger partial charge in [0.15, 0.2) is 0 Å². The molecule has 0 radical (unpaired) electrons. The van der Waals surface area contributed by atoms with Crippen LogP contribution in [-0.4, -0.2) is 11.9 Å². The molecule has 2 aliphatic carbocycles. The molecule has 2 unspecified atom stereocenters. The number of carbonyl (C=O) groups is 1. The molecule has 3 rings (SSSR count). The molecule has 108 valence electrons. The second kappa shape index (κ2) is 5.59. The molecule has 2 nitrogen and oxygen atoms in total. The lowest BCUT2D eigenvalue weighted by Gasteiger charge is -2.30. The Morgan fingerprint density at radius 1 is 1.15 bits per heavy atom. The first kappa shape index (κ1) is 13.7. The Hall–Kier alpha value is -1.31. The van der Waals surface area contributed by atoms with Gasteiger partial charge in [0, 0.05) is 6.04 Å². The number of carbonyl (C=O) groups excluding carboxylic acids is 1. The van der Waals surface area contributed by atoms with Crippen molar-refractivity contribution in [3.05, 3.63) is 35.9 Å². The van der Waals surface area contributed by atoms with E-state index in [-0.39, 0.29) is 11.3 Å². The van der Waals surface area contributed by atoms with Crippen molar-refractivity contribution in [3.8, 4) is 0 Å². The fourth-order valence-corrected chi connectivity index (χ4v) is 4.04. The van der Waals surface area contributed by atoms with Gasteiger partial charge in [0.05, 0.1) is 5.41 Å². The average molecular weight is 271 g/mol. The maximum atomic E-state index is 13.0. The highest BCUT2D eigenvalue weighted by Crippen LogP contribution is 2.44. The molecular formula is C18H25NO. The zero-order valence-electron chi connectivity index (χ0n) is 12.4. The molecule has 2 saturated carbocycles. The molecule has 0 bridgehead atoms. The van der Waals surface area contributed by atoms with E-state index >= 15 is 0 Å². The average Bonchev–Trinajstić information content (AvgIpc) is 3.10. The van der Waals surface area contributed by atoms with Crippen LogP contribution in [0, 0.1) is 5.92 Å². The highest BCUT2D eigenvalue weighted by Gasteiger charge is 2.45. The maximum absolute atomic E-state index is 13.0. The van der Waals surface area contributed by atoms with Gasteiger partial charge >= 0.3 is 0 Å². The Balaban J connectivity index is 1.84. The van der Waals surface area contributed by atoms with E-state index in [1.807, 2.05) is 6.07 Å². The molecule has 0 saturated heterocycles. The molecule has 1 aromatic carbocycles. The van der Waals surface area contributed by atoms with E-state index in [0.717, 1.165) is 32.1 Å². The standard InChI is InChI=1S/C18H25NO/c1-14-11-12-18(13-14,15-7-3-2-4-8-15)17(20)19-16-9-5-6-10-16/h2-4,7-8,14,16H,5-6,9-13H2,1H3,(H,19,20). The summed E-state index contributed by atoms with van der Waals surface area (Å²) in [7, 11) is 0. The number of hydrogen-bond acceptors (Lipinski definition) is 1. The van der Waals surface area contributed by atoms with Gasteiger partial charge in [0.25, 0.3) is 0 Å². The maximum Gasteiger partial charge on any atom is 0.230 e. The largest absolute Gasteiger partial charge is 0.353 e. The van der Waals surface area contributed by atoms with Gasteiger partial charge in [-0.2, -0.15) is 0 Å². The van der Waals surface area contributed by atoms with E-state index in [2.05, 4.69) is 36.5 Å². The molecule has 2 fully saturated rings. The summed E-state index contributed by atoms with van der Waals surface area (Å²) in [5.74, 6) is 0.921. The lowest BCUT2D eigenvalue weighted by molar-refractivity contribution is -0.127. The Morgan fingerprint density at radius 3 is 2.45 bits per heavy atom. The van der Waals surface area contributed by atoms with Crippen LogP contribution in [0.2, 0.25) is 0 Å². The van der Waals surface area contributed by atoms with Gasteiger partial charge in [0.2, 0.25) is 5.91 Å². The third-order valence-electron chi connectivity index (χ3n) is 5.21. The van der Waals surface area contributed by atoms with Crippen LogP contribution in [0.25, 0.3) is 0 Å². The smallest absolute Gasteiger partial charge is 0.230 e. The van der Waals surface area contributed by atoms with Crippen molar-refractivity contribution in [2.75, 3.05) is 0 Å². The second-order valence-corrected chi connectivity index (χ2v) is 6.75. The number of hydrogen-bond donors (Lipinski definition) is 1. The van der Waals surface area contributed by atoms with Crippen LogP contribution in [0.15, 0.2) is 30.3 Å². The van der Waals surface area contributed by atoms with E-state index in [1.165, 1.54) is 18.4 Å². The molecule has 0 heterocycles. The molecule has 2 aliphatic rings. The number of rotatable bonds is 3. The molecule has 0 aliphatic heterocycles. The molecule has 2 heteroatoms. The van der Waals surface area contributed by atoms with E-state index in [9.17, 15) is 4.79 Å². The normalized spacial score (nSPS) is 30.6. The van der Waals surface area contributed by atoms with E-state index in [1.54, 1.807) is 0 Å². The summed E-state index contributed by atoms with van der Waals surface area (Å²) in [4.78, 5) is 13.0. The summed E-state index contributed by atoms with van der Waals surface area (Å²) < 4.78 is 0. The highest BCUT2D eigenvalue weighted by atomic mass is 16.2. The molecule has 2 atom stereocenters. The SMILES string of the molecule is CC1CCC(C(=O)NC2CCCC2)(c2ccccc2)C1. The first-order valence-corrected chi connectivity index (χ1v) is 8.07. The van der Waals surface area contributed by atoms with Crippen molar-refractivity contribution in [2.24, 2.45) is 5.92 Å². The molecular weight excluding hydrogens is 246 g/mol. The van der Waals surface area contributed by atoms with Gasteiger partial charge in [-0.05, 0) is 43.6 Å².